The van der Waals surface area contributed by atoms with Gasteiger partial charge in [-0.25, -0.2) is 0 Å². The van der Waals surface area contributed by atoms with Gasteiger partial charge in [0.2, 0.25) is 0 Å². The number of hydrogen-bond donors (Lipinski definition) is 2. The van der Waals surface area contributed by atoms with Gasteiger partial charge in [0.1, 0.15) is 5.75 Å². The molecule has 2 aromatic carbocycles. The smallest absolute Gasteiger partial charge is 0.255 e. The van der Waals surface area contributed by atoms with Crippen LogP contribution in [0.3, 0.4) is 0 Å². The molecule has 0 unspecified atom stereocenters. The highest BCUT2D eigenvalue weighted by molar-refractivity contribution is 6.07. The Bertz CT molecular complexity index is 946. The van der Waals surface area contributed by atoms with Gasteiger partial charge in [0.05, 0.1) is 18.2 Å². The molecule has 0 saturated carbocycles. The first-order valence-corrected chi connectivity index (χ1v) is 8.35. The monoisotopic (exact) mass is 351 g/mol. The Hall–Kier alpha value is -3.28. The minimum Gasteiger partial charge on any atom is -0.496 e. The van der Waals surface area contributed by atoms with Gasteiger partial charge in [-0.05, 0) is 18.2 Å². The molecule has 134 valence electrons. The number of hydrogen-bond acceptors (Lipinski definition) is 3. The number of aryl methyl sites for hydroxylation is 1. The summed E-state index contributed by atoms with van der Waals surface area (Å²) in [4.78, 5) is 24.6. The zero-order valence-corrected chi connectivity index (χ0v) is 14.8. The third-order valence-electron chi connectivity index (χ3n) is 4.19. The normalized spacial score (nSPS) is 10.5. The zero-order chi connectivity index (χ0) is 18.5. The van der Waals surface area contributed by atoms with Crippen LogP contribution in [0, 0.1) is 0 Å². The second-order valence-corrected chi connectivity index (χ2v) is 5.88. The summed E-state index contributed by atoms with van der Waals surface area (Å²) in [7, 11) is 3.43. The molecule has 26 heavy (non-hydrogen) atoms. The first-order chi connectivity index (χ1) is 12.6. The van der Waals surface area contributed by atoms with Crippen LogP contribution in [0.2, 0.25) is 0 Å². The first kappa shape index (κ1) is 17.5. The summed E-state index contributed by atoms with van der Waals surface area (Å²) in [6.45, 7) is 0.663. The number of rotatable bonds is 6. The third kappa shape index (κ3) is 3.54. The highest BCUT2D eigenvalue weighted by Crippen LogP contribution is 2.20. The van der Waals surface area contributed by atoms with Gasteiger partial charge < -0.3 is 19.9 Å². The molecule has 0 radical (unpaired) electrons. The molecular weight excluding hydrogens is 330 g/mol. The van der Waals surface area contributed by atoms with Crippen LogP contribution in [-0.2, 0) is 7.05 Å². The predicted molar refractivity (Wildman–Crippen MR) is 101 cm³/mol. The van der Waals surface area contributed by atoms with E-state index in [9.17, 15) is 9.59 Å². The van der Waals surface area contributed by atoms with Crippen molar-refractivity contribution in [3.8, 4) is 5.75 Å². The van der Waals surface area contributed by atoms with E-state index in [2.05, 4.69) is 10.6 Å². The summed E-state index contributed by atoms with van der Waals surface area (Å²) in [5.41, 5.74) is 2.09. The van der Waals surface area contributed by atoms with Gasteiger partial charge in [-0.3, -0.25) is 9.59 Å². The van der Waals surface area contributed by atoms with E-state index in [1.807, 2.05) is 42.1 Å². The minimum atomic E-state index is -0.234. The second-order valence-electron chi connectivity index (χ2n) is 5.88. The average molecular weight is 351 g/mol. The van der Waals surface area contributed by atoms with Gasteiger partial charge >= 0.3 is 0 Å². The van der Waals surface area contributed by atoms with Crippen LogP contribution in [0.25, 0.3) is 10.9 Å². The van der Waals surface area contributed by atoms with Crippen molar-refractivity contribution in [1.82, 2.24) is 15.2 Å². The quantitative estimate of drug-likeness (QED) is 0.670. The molecule has 6 nitrogen and oxygen atoms in total. The predicted octanol–water partition coefficient (Wildman–Crippen LogP) is 2.35. The van der Waals surface area contributed by atoms with Crippen LogP contribution in [-0.4, -0.2) is 36.6 Å². The number of aromatic nitrogens is 1. The number of para-hydroxylation sites is 2. The van der Waals surface area contributed by atoms with E-state index in [1.54, 1.807) is 24.3 Å². The molecule has 2 amide bonds. The molecule has 0 fully saturated rings. The van der Waals surface area contributed by atoms with Crippen LogP contribution < -0.4 is 15.4 Å². The largest absolute Gasteiger partial charge is 0.496 e. The number of ether oxygens (including phenoxy) is 1. The maximum Gasteiger partial charge on any atom is 0.255 e. The summed E-state index contributed by atoms with van der Waals surface area (Å²) in [5.74, 6) is 0.125. The number of carbonyl (C=O) groups is 2. The first-order valence-electron chi connectivity index (χ1n) is 8.35. The van der Waals surface area contributed by atoms with Gasteiger partial charge in [0, 0.05) is 37.2 Å². The molecular formula is C20H21N3O3. The molecule has 1 aromatic heterocycles. The molecule has 0 bridgehead atoms. The molecule has 0 saturated heterocycles. The molecule has 6 heteroatoms. The van der Waals surface area contributed by atoms with Gasteiger partial charge in [-0.15, -0.1) is 0 Å². The lowest BCUT2D eigenvalue weighted by molar-refractivity contribution is 0.0926. The van der Waals surface area contributed by atoms with Crippen LogP contribution >= 0.6 is 0 Å². The number of fused-ring (bicyclic) bond motifs is 1. The number of nitrogens with zero attached hydrogens (tertiary/aromatic N) is 1. The highest BCUT2D eigenvalue weighted by Gasteiger charge is 2.14. The molecule has 0 spiro atoms. The van der Waals surface area contributed by atoms with Crippen molar-refractivity contribution in [2.24, 2.45) is 7.05 Å². The number of amides is 2. The van der Waals surface area contributed by atoms with E-state index in [4.69, 9.17) is 4.74 Å². The molecule has 3 rings (SSSR count). The fraction of sp³-hybridized carbons (Fsp3) is 0.200. The second kappa shape index (κ2) is 7.74. The number of methoxy groups -OCH3 is 1. The summed E-state index contributed by atoms with van der Waals surface area (Å²) in [6.07, 6.45) is 1.81. The van der Waals surface area contributed by atoms with Crippen LogP contribution in [0.4, 0.5) is 0 Å². The third-order valence-corrected chi connectivity index (χ3v) is 4.19. The summed E-state index contributed by atoms with van der Waals surface area (Å²) in [5, 5.41) is 6.53. The number of nitrogens with one attached hydrogen (secondary N) is 2. The van der Waals surface area contributed by atoms with E-state index < -0.39 is 0 Å². The van der Waals surface area contributed by atoms with Gasteiger partial charge in [-0.2, -0.15) is 0 Å². The summed E-state index contributed by atoms with van der Waals surface area (Å²) in [6, 6.07) is 14.8. The Labute approximate surface area is 151 Å². The van der Waals surface area contributed by atoms with Gasteiger partial charge in [0.25, 0.3) is 11.8 Å². The van der Waals surface area contributed by atoms with Crippen molar-refractivity contribution in [3.63, 3.8) is 0 Å². The Balaban J connectivity index is 1.56. The minimum absolute atomic E-state index is 0.159. The highest BCUT2D eigenvalue weighted by atomic mass is 16.5. The number of benzene rings is 2. The molecule has 2 N–H and O–H groups in total. The standard InChI is InChI=1S/C20H21N3O3/c1-23-13-16(14-7-3-5-9-17(14)23)20(25)22-12-11-21-19(24)15-8-4-6-10-18(15)26-2/h3-10,13H,11-12H2,1-2H3,(H,21,24)(H,22,25). The fourth-order valence-corrected chi connectivity index (χ4v) is 2.90. The van der Waals surface area contributed by atoms with Crippen molar-refractivity contribution in [1.29, 1.82) is 0 Å². The lowest BCUT2D eigenvalue weighted by Gasteiger charge is -2.09. The molecule has 0 aliphatic rings. The van der Waals surface area contributed by atoms with Crippen molar-refractivity contribution < 1.29 is 14.3 Å². The van der Waals surface area contributed by atoms with Crippen LogP contribution in [0.5, 0.6) is 5.75 Å². The van der Waals surface area contributed by atoms with E-state index in [0.717, 1.165) is 10.9 Å². The van der Waals surface area contributed by atoms with Gasteiger partial charge in [-0.1, -0.05) is 30.3 Å². The maximum absolute atomic E-state index is 12.4. The molecule has 0 aliphatic heterocycles. The molecule has 1 heterocycles. The number of carbonyl (C=O) groups excluding carboxylic acids is 2. The maximum atomic E-state index is 12.4. The Morgan fingerprint density at radius 3 is 2.27 bits per heavy atom. The van der Waals surface area contributed by atoms with E-state index >= 15 is 0 Å². The molecule has 0 aliphatic carbocycles. The molecule has 3 aromatic rings. The summed E-state index contributed by atoms with van der Waals surface area (Å²) < 4.78 is 7.10. The van der Waals surface area contributed by atoms with Gasteiger partial charge in [0.15, 0.2) is 0 Å². The van der Waals surface area contributed by atoms with E-state index in [0.29, 0.717) is 30.0 Å². The lowest BCUT2D eigenvalue weighted by atomic mass is 10.1. The molecule has 0 atom stereocenters. The Morgan fingerprint density at radius 2 is 1.54 bits per heavy atom. The van der Waals surface area contributed by atoms with Crippen molar-refractivity contribution >= 4 is 22.7 Å². The van der Waals surface area contributed by atoms with Crippen LogP contribution in [0.15, 0.2) is 54.7 Å². The Morgan fingerprint density at radius 1 is 0.923 bits per heavy atom. The van der Waals surface area contributed by atoms with Crippen LogP contribution in [0.1, 0.15) is 20.7 Å². The zero-order valence-electron chi connectivity index (χ0n) is 14.8. The average Bonchev–Trinajstić information content (AvgIpc) is 3.02. The van der Waals surface area contributed by atoms with Crippen molar-refractivity contribution in [2.45, 2.75) is 0 Å². The fourth-order valence-electron chi connectivity index (χ4n) is 2.90. The Kier molecular flexibility index (Phi) is 5.22. The topological polar surface area (TPSA) is 72.4 Å². The van der Waals surface area contributed by atoms with E-state index in [-0.39, 0.29) is 11.8 Å². The van der Waals surface area contributed by atoms with E-state index in [1.165, 1.54) is 7.11 Å². The lowest BCUT2D eigenvalue weighted by Crippen LogP contribution is -2.34. The van der Waals surface area contributed by atoms with Crippen molar-refractivity contribution in [3.05, 3.63) is 65.9 Å². The summed E-state index contributed by atoms with van der Waals surface area (Å²) >= 11 is 0. The van der Waals surface area contributed by atoms with Crippen molar-refractivity contribution in [2.75, 3.05) is 20.2 Å². The SMILES string of the molecule is COc1ccccc1C(=O)NCCNC(=O)c1cn(C)c2ccccc12.